The lowest BCUT2D eigenvalue weighted by Crippen LogP contribution is -2.22. The molecule has 0 aliphatic carbocycles. The summed E-state index contributed by atoms with van der Waals surface area (Å²) in [7, 11) is 1.68. The molecule has 0 radical (unpaired) electrons. The third-order valence-corrected chi connectivity index (χ3v) is 6.36. The molecule has 0 saturated carbocycles. The molecule has 0 bridgehead atoms. The third-order valence-electron chi connectivity index (χ3n) is 4.32. The molecule has 6 nitrogen and oxygen atoms in total. The Bertz CT molecular complexity index is 1070. The van der Waals surface area contributed by atoms with Crippen molar-refractivity contribution in [1.29, 1.82) is 0 Å². The summed E-state index contributed by atoms with van der Waals surface area (Å²) in [6.45, 7) is 3.88. The first-order valence-electron chi connectivity index (χ1n) is 8.85. The Balaban J connectivity index is 1.70. The number of Topliss-reactive ketones (excluding diaryl/α,β-unsaturated/α-hetero) is 1. The minimum absolute atomic E-state index is 0.0157. The van der Waals surface area contributed by atoms with Crippen molar-refractivity contribution >= 4 is 45.0 Å². The molecule has 1 aromatic carbocycles. The van der Waals surface area contributed by atoms with E-state index in [4.69, 9.17) is 0 Å². The van der Waals surface area contributed by atoms with Gasteiger partial charge in [0.1, 0.15) is 4.70 Å². The van der Waals surface area contributed by atoms with Gasteiger partial charge in [0.25, 0.3) is 5.56 Å². The molecule has 0 aliphatic heterocycles. The van der Waals surface area contributed by atoms with Crippen molar-refractivity contribution in [2.45, 2.75) is 30.7 Å². The zero-order valence-electron chi connectivity index (χ0n) is 15.9. The number of thioether (sulfide) groups is 1. The number of carbonyl (C=O) groups excluding carboxylic acids is 2. The monoisotopic (exact) mass is 415 g/mol. The van der Waals surface area contributed by atoms with Crippen LogP contribution in [-0.2, 0) is 18.3 Å². The van der Waals surface area contributed by atoms with Crippen LogP contribution in [0.15, 0.2) is 45.7 Å². The van der Waals surface area contributed by atoms with Crippen molar-refractivity contribution in [2.24, 2.45) is 7.05 Å². The fourth-order valence-electron chi connectivity index (χ4n) is 2.74. The first kappa shape index (κ1) is 20.3. The molecule has 2 aromatic heterocycles. The molecule has 1 unspecified atom stereocenters. The van der Waals surface area contributed by atoms with Gasteiger partial charge in [-0.05, 0) is 30.4 Å². The Morgan fingerprint density at radius 1 is 1.25 bits per heavy atom. The fourth-order valence-corrected chi connectivity index (χ4v) is 4.49. The number of hydrogen-bond acceptors (Lipinski definition) is 6. The van der Waals surface area contributed by atoms with Gasteiger partial charge in [0.05, 0.1) is 10.8 Å². The van der Waals surface area contributed by atoms with Crippen LogP contribution in [0.3, 0.4) is 0 Å². The highest BCUT2D eigenvalue weighted by Crippen LogP contribution is 2.25. The van der Waals surface area contributed by atoms with E-state index in [2.05, 4.69) is 10.3 Å². The van der Waals surface area contributed by atoms with Crippen LogP contribution in [0.5, 0.6) is 0 Å². The van der Waals surface area contributed by atoms with E-state index in [0.717, 1.165) is 5.56 Å². The van der Waals surface area contributed by atoms with Gasteiger partial charge in [0.15, 0.2) is 10.9 Å². The van der Waals surface area contributed by atoms with Gasteiger partial charge in [0, 0.05) is 26.1 Å². The van der Waals surface area contributed by atoms with Gasteiger partial charge in [-0.3, -0.25) is 19.0 Å². The molecule has 1 N–H and O–H groups in total. The van der Waals surface area contributed by atoms with Crippen molar-refractivity contribution < 1.29 is 9.59 Å². The normalized spacial score (nSPS) is 12.1. The first-order chi connectivity index (χ1) is 13.4. The molecule has 8 heteroatoms. The molecule has 146 valence electrons. The maximum atomic E-state index is 12.8. The van der Waals surface area contributed by atoms with Gasteiger partial charge in [-0.25, -0.2) is 4.98 Å². The van der Waals surface area contributed by atoms with Crippen LogP contribution in [0.25, 0.3) is 10.2 Å². The summed E-state index contributed by atoms with van der Waals surface area (Å²) >= 11 is 2.66. The van der Waals surface area contributed by atoms with E-state index in [0.29, 0.717) is 33.9 Å². The van der Waals surface area contributed by atoms with E-state index in [1.807, 2.05) is 30.5 Å². The molecular formula is C20H21N3O3S2. The maximum absolute atomic E-state index is 12.8. The van der Waals surface area contributed by atoms with Crippen LogP contribution in [0, 0.1) is 0 Å². The largest absolute Gasteiger partial charge is 0.356 e. The van der Waals surface area contributed by atoms with Crippen LogP contribution >= 0.6 is 23.1 Å². The number of rotatable bonds is 7. The van der Waals surface area contributed by atoms with Crippen LogP contribution < -0.4 is 10.9 Å². The number of amides is 1. The summed E-state index contributed by atoms with van der Waals surface area (Å²) < 4.78 is 2.12. The van der Waals surface area contributed by atoms with E-state index in [1.54, 1.807) is 19.2 Å². The van der Waals surface area contributed by atoms with Crippen molar-refractivity contribution in [3.8, 4) is 0 Å². The second-order valence-corrected chi connectivity index (χ2v) is 8.67. The van der Waals surface area contributed by atoms with E-state index in [9.17, 15) is 14.4 Å². The molecule has 28 heavy (non-hydrogen) atoms. The Morgan fingerprint density at radius 3 is 2.64 bits per heavy atom. The quantitative estimate of drug-likeness (QED) is 0.364. The zero-order chi connectivity index (χ0) is 20.3. The molecule has 1 atom stereocenters. The predicted molar refractivity (Wildman–Crippen MR) is 113 cm³/mol. The van der Waals surface area contributed by atoms with Crippen molar-refractivity contribution in [3.63, 3.8) is 0 Å². The van der Waals surface area contributed by atoms with E-state index < -0.39 is 0 Å². The molecule has 0 fully saturated rings. The van der Waals surface area contributed by atoms with Crippen LogP contribution in [0.2, 0.25) is 0 Å². The molecule has 2 heterocycles. The van der Waals surface area contributed by atoms with Crippen molar-refractivity contribution in [3.05, 3.63) is 57.2 Å². The number of fused-ring (bicyclic) bond motifs is 1. The summed E-state index contributed by atoms with van der Waals surface area (Å²) in [5, 5.41) is 4.75. The number of nitrogens with one attached hydrogen (secondary N) is 1. The third kappa shape index (κ3) is 4.51. The average Bonchev–Trinajstić information content (AvgIpc) is 3.14. The first-order valence-corrected chi connectivity index (χ1v) is 10.6. The predicted octanol–water partition coefficient (Wildman–Crippen LogP) is 3.04. The number of benzene rings is 1. The molecule has 3 aromatic rings. The van der Waals surface area contributed by atoms with Gasteiger partial charge >= 0.3 is 0 Å². The van der Waals surface area contributed by atoms with Gasteiger partial charge in [-0.1, -0.05) is 36.0 Å². The molecular weight excluding hydrogens is 394 g/mol. The van der Waals surface area contributed by atoms with E-state index in [-0.39, 0.29) is 22.5 Å². The number of ketones is 1. The highest BCUT2D eigenvalue weighted by atomic mass is 32.2. The van der Waals surface area contributed by atoms with Crippen LogP contribution in [-0.4, -0.2) is 33.0 Å². The molecule has 0 saturated heterocycles. The second kappa shape index (κ2) is 8.70. The summed E-state index contributed by atoms with van der Waals surface area (Å²) in [5.74, 6) is -0.0700. The number of aromatic nitrogens is 2. The second-order valence-electron chi connectivity index (χ2n) is 6.45. The Hall–Kier alpha value is -2.45. The Morgan fingerprint density at radius 2 is 1.96 bits per heavy atom. The standard InChI is InChI=1S/C20H21N3O3S2/c1-12(28-20-22-16-9-11-27-18(16)19(26)23(20)3)17(25)15-6-4-14(5-7-15)8-10-21-13(2)24/h4-7,9,11-12H,8,10H2,1-3H3,(H,21,24). The lowest BCUT2D eigenvalue weighted by Gasteiger charge is -2.13. The summed E-state index contributed by atoms with van der Waals surface area (Å²) in [6.07, 6.45) is 0.713. The maximum Gasteiger partial charge on any atom is 0.271 e. The number of carbonyl (C=O) groups is 2. The number of thiophene rings is 1. The molecule has 3 rings (SSSR count). The van der Waals surface area contributed by atoms with Crippen molar-refractivity contribution in [1.82, 2.24) is 14.9 Å². The highest BCUT2D eigenvalue weighted by molar-refractivity contribution is 8.00. The topological polar surface area (TPSA) is 81.1 Å². The minimum atomic E-state index is -0.376. The summed E-state index contributed by atoms with van der Waals surface area (Å²) in [4.78, 5) is 40.6. The minimum Gasteiger partial charge on any atom is -0.356 e. The van der Waals surface area contributed by atoms with Gasteiger partial charge in [0.2, 0.25) is 5.91 Å². The summed E-state index contributed by atoms with van der Waals surface area (Å²) in [6, 6.07) is 9.22. The van der Waals surface area contributed by atoms with E-state index >= 15 is 0 Å². The van der Waals surface area contributed by atoms with Crippen LogP contribution in [0.4, 0.5) is 0 Å². The van der Waals surface area contributed by atoms with E-state index in [1.165, 1.54) is 34.6 Å². The fraction of sp³-hybridized carbons (Fsp3) is 0.300. The molecule has 1 amide bonds. The van der Waals surface area contributed by atoms with Gasteiger partial charge in [-0.2, -0.15) is 0 Å². The van der Waals surface area contributed by atoms with Gasteiger partial charge in [-0.15, -0.1) is 11.3 Å². The lowest BCUT2D eigenvalue weighted by molar-refractivity contribution is -0.118. The zero-order valence-corrected chi connectivity index (χ0v) is 17.5. The number of nitrogens with zero attached hydrogens (tertiary/aromatic N) is 2. The average molecular weight is 416 g/mol. The summed E-state index contributed by atoms with van der Waals surface area (Å²) in [5.41, 5.74) is 2.24. The van der Waals surface area contributed by atoms with Crippen molar-refractivity contribution in [2.75, 3.05) is 6.54 Å². The SMILES string of the molecule is CC(=O)NCCc1ccc(C(=O)C(C)Sc2nc3ccsc3c(=O)n2C)cc1. The lowest BCUT2D eigenvalue weighted by atomic mass is 10.0. The number of hydrogen-bond donors (Lipinski definition) is 1. The highest BCUT2D eigenvalue weighted by Gasteiger charge is 2.20. The smallest absolute Gasteiger partial charge is 0.271 e. The van der Waals surface area contributed by atoms with Crippen LogP contribution in [0.1, 0.15) is 29.8 Å². The van der Waals surface area contributed by atoms with Gasteiger partial charge < -0.3 is 5.32 Å². The Labute approximate surface area is 171 Å². The molecule has 0 spiro atoms. The Kier molecular flexibility index (Phi) is 6.31. The molecule has 0 aliphatic rings.